The molecule has 0 saturated carbocycles. The molecule has 0 fully saturated rings. The van der Waals surface area contributed by atoms with E-state index in [1.165, 1.54) is 4.90 Å². The predicted molar refractivity (Wildman–Crippen MR) is 63.7 cm³/mol. The van der Waals surface area contributed by atoms with Crippen LogP contribution in [-0.4, -0.2) is 49.7 Å². The summed E-state index contributed by atoms with van der Waals surface area (Å²) >= 11 is 5.51. The molecule has 0 radical (unpaired) electrons. The minimum atomic E-state index is -4.34. The zero-order chi connectivity index (χ0) is 14.0. The van der Waals surface area contributed by atoms with Gasteiger partial charge in [0.2, 0.25) is 5.91 Å². The summed E-state index contributed by atoms with van der Waals surface area (Å²) in [6.45, 7) is -0.918. The molecule has 0 aliphatic heterocycles. The summed E-state index contributed by atoms with van der Waals surface area (Å²) in [5.74, 6) is 0.395. The second-order valence-electron chi connectivity index (χ2n) is 3.98. The summed E-state index contributed by atoms with van der Waals surface area (Å²) < 4.78 is 39.6. The van der Waals surface area contributed by atoms with Crippen LogP contribution in [0.4, 0.5) is 13.2 Å². The van der Waals surface area contributed by atoms with Gasteiger partial charge in [-0.1, -0.05) is 6.42 Å². The highest BCUT2D eigenvalue weighted by atomic mass is 35.5. The number of ether oxygens (including phenoxy) is 1. The first-order chi connectivity index (χ1) is 8.37. The van der Waals surface area contributed by atoms with E-state index in [1.807, 2.05) is 0 Å². The van der Waals surface area contributed by atoms with Crippen molar-refractivity contribution >= 4 is 17.5 Å². The quantitative estimate of drug-likeness (QED) is 0.482. The van der Waals surface area contributed by atoms with E-state index in [4.69, 9.17) is 11.6 Å². The highest BCUT2D eigenvalue weighted by Gasteiger charge is 2.27. The second-order valence-corrected chi connectivity index (χ2v) is 4.36. The van der Waals surface area contributed by atoms with Gasteiger partial charge in [0.1, 0.15) is 6.61 Å². The third-order valence-electron chi connectivity index (χ3n) is 2.28. The molecule has 1 amide bonds. The number of rotatable bonds is 9. The smallest absolute Gasteiger partial charge is 0.372 e. The monoisotopic (exact) mass is 289 g/mol. The van der Waals surface area contributed by atoms with E-state index >= 15 is 0 Å². The van der Waals surface area contributed by atoms with Gasteiger partial charge in [0, 0.05) is 19.5 Å². The van der Waals surface area contributed by atoms with Crippen LogP contribution < -0.4 is 0 Å². The lowest BCUT2D eigenvalue weighted by atomic mass is 10.2. The van der Waals surface area contributed by atoms with Crippen LogP contribution in [0.2, 0.25) is 0 Å². The topological polar surface area (TPSA) is 29.5 Å². The molecule has 3 nitrogen and oxygen atoms in total. The van der Waals surface area contributed by atoms with Crippen molar-refractivity contribution in [1.82, 2.24) is 4.90 Å². The molecular formula is C11H19ClF3NO2. The van der Waals surface area contributed by atoms with Gasteiger partial charge in [0.05, 0.1) is 13.0 Å². The first-order valence-corrected chi connectivity index (χ1v) is 6.34. The molecular weight excluding hydrogens is 271 g/mol. The highest BCUT2D eigenvalue weighted by Crippen LogP contribution is 2.14. The fourth-order valence-corrected chi connectivity index (χ4v) is 1.47. The van der Waals surface area contributed by atoms with E-state index in [9.17, 15) is 18.0 Å². The normalized spacial score (nSPS) is 11.6. The van der Waals surface area contributed by atoms with E-state index in [0.717, 1.165) is 19.3 Å². The molecule has 0 atom stereocenters. The number of carbonyl (C=O) groups is 1. The van der Waals surface area contributed by atoms with Gasteiger partial charge in [-0.15, -0.1) is 11.6 Å². The molecule has 0 heterocycles. The molecule has 0 aromatic heterocycles. The van der Waals surface area contributed by atoms with Crippen LogP contribution in [0, 0.1) is 0 Å². The van der Waals surface area contributed by atoms with Gasteiger partial charge in [-0.2, -0.15) is 13.2 Å². The second kappa shape index (κ2) is 9.44. The molecule has 0 rings (SSSR count). The lowest BCUT2D eigenvalue weighted by molar-refractivity contribution is -0.175. The van der Waals surface area contributed by atoms with E-state index in [0.29, 0.717) is 12.4 Å². The maximum atomic E-state index is 11.7. The number of nitrogens with zero attached hydrogens (tertiary/aromatic N) is 1. The fraction of sp³-hybridized carbons (Fsp3) is 0.909. The highest BCUT2D eigenvalue weighted by molar-refractivity contribution is 6.17. The summed E-state index contributed by atoms with van der Waals surface area (Å²) in [5.41, 5.74) is 0. The van der Waals surface area contributed by atoms with Gasteiger partial charge in [-0.3, -0.25) is 4.79 Å². The van der Waals surface area contributed by atoms with E-state index in [-0.39, 0.29) is 18.9 Å². The summed E-state index contributed by atoms with van der Waals surface area (Å²) in [5, 5.41) is 0. The van der Waals surface area contributed by atoms with E-state index in [1.54, 1.807) is 7.05 Å². The molecule has 0 aromatic rings. The summed E-state index contributed by atoms with van der Waals surface area (Å²) in [6.07, 6.45) is -1.68. The van der Waals surface area contributed by atoms with Gasteiger partial charge in [-0.05, 0) is 12.8 Å². The van der Waals surface area contributed by atoms with Crippen molar-refractivity contribution < 1.29 is 22.7 Å². The molecule has 18 heavy (non-hydrogen) atoms. The Morgan fingerprint density at radius 2 is 1.94 bits per heavy atom. The standard InChI is InChI=1S/C11H19ClF3NO2/c1-16(7-4-2-3-6-12)10(17)5-8-18-9-11(13,14)15/h2-9H2,1H3. The molecule has 0 aliphatic carbocycles. The SMILES string of the molecule is CN(CCCCCCl)C(=O)CCOCC(F)(F)F. The Morgan fingerprint density at radius 3 is 2.50 bits per heavy atom. The van der Waals surface area contributed by atoms with Crippen molar-refractivity contribution in [3.63, 3.8) is 0 Å². The number of alkyl halides is 4. The van der Waals surface area contributed by atoms with Crippen LogP contribution in [0.1, 0.15) is 25.7 Å². The number of carbonyl (C=O) groups excluding carboxylic acids is 1. The van der Waals surface area contributed by atoms with Crippen molar-refractivity contribution in [3.05, 3.63) is 0 Å². The van der Waals surface area contributed by atoms with Gasteiger partial charge >= 0.3 is 6.18 Å². The van der Waals surface area contributed by atoms with Crippen molar-refractivity contribution in [2.45, 2.75) is 31.9 Å². The number of halogens is 4. The molecule has 0 aromatic carbocycles. The minimum absolute atomic E-state index is 0.0257. The molecule has 7 heteroatoms. The Morgan fingerprint density at radius 1 is 1.28 bits per heavy atom. The zero-order valence-corrected chi connectivity index (χ0v) is 11.2. The first-order valence-electron chi connectivity index (χ1n) is 5.81. The Balaban J connectivity index is 3.56. The molecule has 0 bridgehead atoms. The van der Waals surface area contributed by atoms with Crippen LogP contribution in [0.15, 0.2) is 0 Å². The molecule has 0 unspecified atom stereocenters. The van der Waals surface area contributed by atoms with Crippen LogP contribution >= 0.6 is 11.6 Å². The molecule has 0 aliphatic rings. The van der Waals surface area contributed by atoms with Gasteiger partial charge in [0.25, 0.3) is 0 Å². The van der Waals surface area contributed by atoms with Crippen LogP contribution in [0.3, 0.4) is 0 Å². The predicted octanol–water partition coefficient (Wildman–Crippen LogP) is 2.82. The zero-order valence-electron chi connectivity index (χ0n) is 10.4. The van der Waals surface area contributed by atoms with Crippen molar-refractivity contribution in [2.75, 3.05) is 32.7 Å². The first kappa shape index (κ1) is 17.5. The minimum Gasteiger partial charge on any atom is -0.372 e. The van der Waals surface area contributed by atoms with Crippen LogP contribution in [0.25, 0.3) is 0 Å². The number of amides is 1. The van der Waals surface area contributed by atoms with Gasteiger partial charge in [-0.25, -0.2) is 0 Å². The van der Waals surface area contributed by atoms with Crippen LogP contribution in [-0.2, 0) is 9.53 Å². The largest absolute Gasteiger partial charge is 0.411 e. The van der Waals surface area contributed by atoms with Crippen LogP contribution in [0.5, 0.6) is 0 Å². The van der Waals surface area contributed by atoms with Crippen molar-refractivity contribution in [3.8, 4) is 0 Å². The summed E-state index contributed by atoms with van der Waals surface area (Å²) in [4.78, 5) is 13.0. The maximum absolute atomic E-state index is 11.7. The molecule has 0 N–H and O–H groups in total. The Hall–Kier alpha value is -0.490. The Kier molecular flexibility index (Phi) is 9.18. The molecule has 108 valence electrons. The average molecular weight is 290 g/mol. The Labute approximate surface area is 110 Å². The summed E-state index contributed by atoms with van der Waals surface area (Å²) in [7, 11) is 1.63. The maximum Gasteiger partial charge on any atom is 0.411 e. The van der Waals surface area contributed by atoms with Crippen molar-refractivity contribution in [2.24, 2.45) is 0 Å². The average Bonchev–Trinajstić information content (AvgIpc) is 2.28. The summed E-state index contributed by atoms with van der Waals surface area (Å²) in [6, 6.07) is 0. The van der Waals surface area contributed by atoms with E-state index < -0.39 is 12.8 Å². The number of hydrogen-bond acceptors (Lipinski definition) is 2. The van der Waals surface area contributed by atoms with Gasteiger partial charge < -0.3 is 9.64 Å². The molecule has 0 saturated heterocycles. The Bertz CT molecular complexity index is 237. The van der Waals surface area contributed by atoms with E-state index in [2.05, 4.69) is 4.74 Å². The number of unbranched alkanes of at least 4 members (excludes halogenated alkanes) is 2. The fourth-order valence-electron chi connectivity index (χ4n) is 1.28. The third-order valence-corrected chi connectivity index (χ3v) is 2.55. The number of hydrogen-bond donors (Lipinski definition) is 0. The lowest BCUT2D eigenvalue weighted by Gasteiger charge is -2.17. The van der Waals surface area contributed by atoms with Crippen molar-refractivity contribution in [1.29, 1.82) is 0 Å². The van der Waals surface area contributed by atoms with Gasteiger partial charge in [0.15, 0.2) is 0 Å². The lowest BCUT2D eigenvalue weighted by Crippen LogP contribution is -2.29. The molecule has 0 spiro atoms. The third kappa shape index (κ3) is 10.7.